The van der Waals surface area contributed by atoms with Gasteiger partial charge in [0.2, 0.25) is 5.88 Å². The first-order valence-corrected chi connectivity index (χ1v) is 10.2. The number of benzene rings is 3. The zero-order valence-electron chi connectivity index (χ0n) is 17.8. The Balaban J connectivity index is 1.72. The molecule has 0 aromatic heterocycles. The highest BCUT2D eigenvalue weighted by Gasteiger charge is 2.32. The van der Waals surface area contributed by atoms with Crippen LogP contribution in [0.4, 0.5) is 0 Å². The molecule has 4 rings (SSSR count). The molecule has 3 aromatic carbocycles. The number of aryl methyl sites for hydroxylation is 1. The van der Waals surface area contributed by atoms with E-state index in [-0.39, 0.29) is 5.88 Å². The fourth-order valence-corrected chi connectivity index (χ4v) is 3.76. The highest BCUT2D eigenvalue weighted by Crippen LogP contribution is 2.45. The van der Waals surface area contributed by atoms with E-state index in [1.165, 1.54) is 0 Å². The number of ether oxygens (including phenoxy) is 3. The molecule has 1 aliphatic heterocycles. The summed E-state index contributed by atoms with van der Waals surface area (Å²) in [6, 6.07) is 21.9. The summed E-state index contributed by atoms with van der Waals surface area (Å²) in [5.41, 5.74) is 9.37. The second kappa shape index (κ2) is 8.86. The Bertz CT molecular complexity index is 1260. The number of carbonyl (C=O) groups is 1. The molecule has 0 spiro atoms. The number of esters is 1. The maximum absolute atomic E-state index is 12.5. The molecule has 3 aromatic rings. The first-order chi connectivity index (χ1) is 15.5. The molecule has 0 radical (unpaired) electrons. The molecule has 1 heterocycles. The van der Waals surface area contributed by atoms with Crippen LogP contribution in [0.25, 0.3) is 0 Å². The second-order valence-electron chi connectivity index (χ2n) is 7.35. The average molecular weight is 426 g/mol. The lowest BCUT2D eigenvalue weighted by Crippen LogP contribution is -2.21. The minimum Gasteiger partial charge on any atom is -0.494 e. The minimum atomic E-state index is -0.469. The molecule has 2 N–H and O–H groups in total. The summed E-state index contributed by atoms with van der Waals surface area (Å²) in [5, 5.41) is 9.78. The fraction of sp³-hybridized carbons (Fsp3) is 0.154. The van der Waals surface area contributed by atoms with E-state index in [1.807, 2.05) is 44.2 Å². The van der Waals surface area contributed by atoms with Crippen molar-refractivity contribution in [2.45, 2.75) is 19.8 Å². The van der Waals surface area contributed by atoms with Gasteiger partial charge in [-0.05, 0) is 38.1 Å². The lowest BCUT2D eigenvalue weighted by molar-refractivity contribution is 0.0734. The summed E-state index contributed by atoms with van der Waals surface area (Å²) in [6.45, 7) is 4.30. The van der Waals surface area contributed by atoms with Crippen molar-refractivity contribution in [3.05, 3.63) is 100 Å². The predicted molar refractivity (Wildman–Crippen MR) is 119 cm³/mol. The summed E-state index contributed by atoms with van der Waals surface area (Å²) in [6.07, 6.45) is 0. The lowest BCUT2D eigenvalue weighted by Gasteiger charge is -2.27. The summed E-state index contributed by atoms with van der Waals surface area (Å²) < 4.78 is 17.1. The minimum absolute atomic E-state index is 0.0125. The summed E-state index contributed by atoms with van der Waals surface area (Å²) >= 11 is 0. The van der Waals surface area contributed by atoms with E-state index in [1.54, 1.807) is 36.4 Å². The first kappa shape index (κ1) is 21.0. The number of fused-ring (bicyclic) bond motifs is 1. The van der Waals surface area contributed by atoms with Crippen molar-refractivity contribution in [1.82, 2.24) is 0 Å². The van der Waals surface area contributed by atoms with Crippen molar-refractivity contribution in [2.75, 3.05) is 6.61 Å². The number of allylic oxidation sites excluding steroid dienone is 1. The molecule has 6 nitrogen and oxygen atoms in total. The Kier molecular flexibility index (Phi) is 5.82. The van der Waals surface area contributed by atoms with Gasteiger partial charge in [0.15, 0.2) is 0 Å². The molecular formula is C26H22N2O4. The monoisotopic (exact) mass is 426 g/mol. The van der Waals surface area contributed by atoms with Crippen LogP contribution in [0.15, 0.2) is 78.2 Å². The topological polar surface area (TPSA) is 94.6 Å². The van der Waals surface area contributed by atoms with Crippen LogP contribution in [0.2, 0.25) is 0 Å². The Morgan fingerprint density at radius 1 is 1.09 bits per heavy atom. The number of para-hydroxylation sites is 1. The van der Waals surface area contributed by atoms with Crippen molar-refractivity contribution in [2.24, 2.45) is 5.73 Å². The first-order valence-electron chi connectivity index (χ1n) is 10.2. The van der Waals surface area contributed by atoms with E-state index in [0.29, 0.717) is 35.0 Å². The summed E-state index contributed by atoms with van der Waals surface area (Å²) in [5.74, 6) is 0.492. The van der Waals surface area contributed by atoms with Gasteiger partial charge < -0.3 is 19.9 Å². The maximum Gasteiger partial charge on any atom is 0.343 e. The van der Waals surface area contributed by atoms with Crippen LogP contribution >= 0.6 is 0 Å². The van der Waals surface area contributed by atoms with Gasteiger partial charge in [0, 0.05) is 17.2 Å². The number of nitrogens with two attached hydrogens (primary N) is 1. The van der Waals surface area contributed by atoms with Gasteiger partial charge in [0.1, 0.15) is 28.9 Å². The highest BCUT2D eigenvalue weighted by molar-refractivity contribution is 5.91. The van der Waals surface area contributed by atoms with E-state index in [0.717, 1.165) is 16.7 Å². The zero-order chi connectivity index (χ0) is 22.7. The van der Waals surface area contributed by atoms with Crippen LogP contribution in [0, 0.1) is 18.3 Å². The molecule has 32 heavy (non-hydrogen) atoms. The van der Waals surface area contributed by atoms with E-state index in [4.69, 9.17) is 19.9 Å². The van der Waals surface area contributed by atoms with Gasteiger partial charge >= 0.3 is 5.97 Å². The highest BCUT2D eigenvalue weighted by atomic mass is 16.5. The molecule has 1 atom stereocenters. The van der Waals surface area contributed by atoms with Crippen LogP contribution in [-0.4, -0.2) is 12.6 Å². The predicted octanol–water partition coefficient (Wildman–Crippen LogP) is 4.83. The van der Waals surface area contributed by atoms with Crippen LogP contribution in [0.3, 0.4) is 0 Å². The quantitative estimate of drug-likeness (QED) is 0.464. The van der Waals surface area contributed by atoms with Gasteiger partial charge in [0.05, 0.1) is 18.1 Å². The van der Waals surface area contributed by atoms with Crippen LogP contribution < -0.4 is 19.9 Å². The lowest BCUT2D eigenvalue weighted by atomic mass is 9.83. The molecule has 0 saturated heterocycles. The Morgan fingerprint density at radius 2 is 1.91 bits per heavy atom. The van der Waals surface area contributed by atoms with Crippen LogP contribution in [0.5, 0.6) is 17.2 Å². The number of hydrogen-bond donors (Lipinski definition) is 1. The molecule has 0 aliphatic carbocycles. The fourth-order valence-electron chi connectivity index (χ4n) is 3.76. The maximum atomic E-state index is 12.5. The number of carbonyl (C=O) groups excluding carboxylic acids is 1. The average Bonchev–Trinajstić information content (AvgIpc) is 2.79. The van der Waals surface area contributed by atoms with Crippen molar-refractivity contribution in [1.29, 1.82) is 5.26 Å². The van der Waals surface area contributed by atoms with Crippen LogP contribution in [-0.2, 0) is 0 Å². The normalized spacial score (nSPS) is 14.7. The Morgan fingerprint density at radius 3 is 2.66 bits per heavy atom. The SMILES string of the molecule is CCOc1ccccc1C1C(C#N)=C(N)Oc2cc(OC(=O)c3cccc(C)c3)ccc21. The largest absolute Gasteiger partial charge is 0.494 e. The molecule has 0 fully saturated rings. The van der Waals surface area contributed by atoms with E-state index >= 15 is 0 Å². The molecule has 0 amide bonds. The van der Waals surface area contributed by atoms with Crippen LogP contribution in [0.1, 0.15) is 39.9 Å². The molecule has 6 heteroatoms. The van der Waals surface area contributed by atoms with Gasteiger partial charge in [-0.25, -0.2) is 4.79 Å². The molecule has 160 valence electrons. The van der Waals surface area contributed by atoms with Gasteiger partial charge in [-0.3, -0.25) is 0 Å². The number of nitriles is 1. The number of hydrogen-bond acceptors (Lipinski definition) is 6. The second-order valence-corrected chi connectivity index (χ2v) is 7.35. The van der Waals surface area contributed by atoms with Crippen molar-refractivity contribution in [3.63, 3.8) is 0 Å². The third kappa shape index (κ3) is 4.01. The van der Waals surface area contributed by atoms with Gasteiger partial charge in [0.25, 0.3) is 0 Å². The number of rotatable bonds is 5. The molecule has 0 bridgehead atoms. The van der Waals surface area contributed by atoms with Crippen molar-refractivity contribution in [3.8, 4) is 23.3 Å². The van der Waals surface area contributed by atoms with Gasteiger partial charge in [-0.1, -0.05) is 42.0 Å². The van der Waals surface area contributed by atoms with E-state index in [9.17, 15) is 10.1 Å². The molecule has 0 saturated carbocycles. The van der Waals surface area contributed by atoms with E-state index in [2.05, 4.69) is 6.07 Å². The molecule has 1 aliphatic rings. The van der Waals surface area contributed by atoms with Gasteiger partial charge in [-0.15, -0.1) is 0 Å². The molecular weight excluding hydrogens is 404 g/mol. The zero-order valence-corrected chi connectivity index (χ0v) is 17.8. The number of nitrogens with zero attached hydrogens (tertiary/aromatic N) is 1. The van der Waals surface area contributed by atoms with Crippen molar-refractivity contribution >= 4 is 5.97 Å². The smallest absolute Gasteiger partial charge is 0.343 e. The molecule has 1 unspecified atom stereocenters. The third-order valence-corrected chi connectivity index (χ3v) is 5.18. The van der Waals surface area contributed by atoms with Gasteiger partial charge in [-0.2, -0.15) is 5.26 Å². The van der Waals surface area contributed by atoms with Crippen molar-refractivity contribution < 1.29 is 19.0 Å². The third-order valence-electron chi connectivity index (χ3n) is 5.18. The standard InChI is InChI=1S/C26H22N2O4/c1-3-30-22-10-5-4-9-19(22)24-20-12-11-18(14-23(20)32-25(28)21(24)15-27)31-26(29)17-8-6-7-16(2)13-17/h4-14,24H,3,28H2,1-2H3. The summed E-state index contributed by atoms with van der Waals surface area (Å²) in [4.78, 5) is 12.5. The Labute approximate surface area is 186 Å². The van der Waals surface area contributed by atoms with E-state index < -0.39 is 11.9 Å². The summed E-state index contributed by atoms with van der Waals surface area (Å²) in [7, 11) is 0. The Hall–Kier alpha value is -4.24.